The van der Waals surface area contributed by atoms with Crippen LogP contribution in [0.15, 0.2) is 109 Å². The fraction of sp³-hybridized carbons (Fsp3) is 0.256. The van der Waals surface area contributed by atoms with E-state index >= 15 is 0 Å². The van der Waals surface area contributed by atoms with Gasteiger partial charge in [-0.2, -0.15) is 0 Å². The molecule has 0 nitrogen and oxygen atoms in total. The van der Waals surface area contributed by atoms with E-state index < -0.39 is 22.8 Å². The summed E-state index contributed by atoms with van der Waals surface area (Å²) in [7, 11) is 0. The molecule has 0 saturated heterocycles. The average molecular weight is 599 g/mol. The van der Waals surface area contributed by atoms with Crippen LogP contribution >= 0.6 is 0 Å². The summed E-state index contributed by atoms with van der Waals surface area (Å²) in [6.07, 6.45) is 7.97. The molecule has 6 rings (SSSR count). The van der Waals surface area contributed by atoms with E-state index in [4.69, 9.17) is 0 Å². The van der Waals surface area contributed by atoms with Crippen LogP contribution in [0.1, 0.15) is 90.5 Å². The Kier molecular flexibility index (Phi) is 7.17. The quantitative estimate of drug-likeness (QED) is 0.219. The fourth-order valence-corrected chi connectivity index (χ4v) is 10.7. The molecule has 0 spiro atoms. The van der Waals surface area contributed by atoms with Crippen molar-refractivity contribution in [3.63, 3.8) is 0 Å². The molecule has 0 saturated carbocycles. The molecule has 4 aromatic carbocycles. The van der Waals surface area contributed by atoms with E-state index in [0.29, 0.717) is 3.63 Å². The van der Waals surface area contributed by atoms with E-state index in [-0.39, 0.29) is 10.8 Å². The molecule has 0 N–H and O–H groups in total. The van der Waals surface area contributed by atoms with Crippen LogP contribution in [-0.2, 0) is 33.6 Å². The first kappa shape index (κ1) is 27.3. The maximum atomic E-state index is 2.57. The normalized spacial score (nSPS) is 15.8. The SMILES string of the molecule is CC(C)(C)c1ccc2c(c1)[CH]([Zr]=[C](c1ccccc1)c1ccccc1)c1c-2ccc(C(C)(C)C)c1C1=CC=CC1. The van der Waals surface area contributed by atoms with Crippen molar-refractivity contribution in [3.05, 3.63) is 148 Å². The molecule has 4 aromatic rings. The topological polar surface area (TPSA) is 0 Å². The van der Waals surface area contributed by atoms with Gasteiger partial charge in [-0.05, 0) is 0 Å². The predicted molar refractivity (Wildman–Crippen MR) is 169 cm³/mol. The molecule has 2 aliphatic carbocycles. The number of fused-ring (bicyclic) bond motifs is 3. The van der Waals surface area contributed by atoms with Crippen molar-refractivity contribution in [2.45, 2.75) is 62.4 Å². The summed E-state index contributed by atoms with van der Waals surface area (Å²) in [6.45, 7) is 14.2. The Labute approximate surface area is 251 Å². The molecule has 0 radical (unpaired) electrons. The third-order valence-electron chi connectivity index (χ3n) is 8.37. The summed E-state index contributed by atoms with van der Waals surface area (Å²) in [5.74, 6) is 0. The van der Waals surface area contributed by atoms with Crippen LogP contribution in [0.4, 0.5) is 0 Å². The summed E-state index contributed by atoms with van der Waals surface area (Å²) >= 11 is -1.21. The van der Waals surface area contributed by atoms with Gasteiger partial charge in [-0.25, -0.2) is 0 Å². The molecule has 199 valence electrons. The molecule has 0 amide bonds. The van der Waals surface area contributed by atoms with Gasteiger partial charge in [0, 0.05) is 0 Å². The Morgan fingerprint density at radius 1 is 0.700 bits per heavy atom. The van der Waals surface area contributed by atoms with Crippen molar-refractivity contribution >= 4 is 8.78 Å². The molecule has 40 heavy (non-hydrogen) atoms. The zero-order chi connectivity index (χ0) is 28.1. The maximum absolute atomic E-state index is 2.57. The van der Waals surface area contributed by atoms with Crippen LogP contribution in [0.2, 0.25) is 0 Å². The van der Waals surface area contributed by atoms with Gasteiger partial charge in [0.1, 0.15) is 0 Å². The fourth-order valence-electron chi connectivity index (χ4n) is 6.26. The molecular weight excluding hydrogens is 560 g/mol. The van der Waals surface area contributed by atoms with Crippen molar-refractivity contribution < 1.29 is 22.8 Å². The summed E-state index contributed by atoms with van der Waals surface area (Å²) in [6, 6.07) is 34.6. The van der Waals surface area contributed by atoms with Crippen molar-refractivity contribution in [2.75, 3.05) is 0 Å². The number of hydrogen-bond acceptors (Lipinski definition) is 0. The van der Waals surface area contributed by atoms with Crippen LogP contribution in [-0.4, -0.2) is 3.21 Å². The van der Waals surface area contributed by atoms with Crippen molar-refractivity contribution in [3.8, 4) is 11.1 Å². The Morgan fingerprint density at radius 2 is 1.32 bits per heavy atom. The molecule has 1 unspecified atom stereocenters. The van der Waals surface area contributed by atoms with Crippen molar-refractivity contribution in [1.29, 1.82) is 0 Å². The van der Waals surface area contributed by atoms with E-state index in [0.717, 1.165) is 6.42 Å². The molecule has 0 aliphatic heterocycles. The Balaban J connectivity index is 1.69. The minimum atomic E-state index is -1.21. The first-order valence-corrected chi connectivity index (χ1v) is 17.2. The molecule has 0 bridgehead atoms. The summed E-state index contributed by atoms with van der Waals surface area (Å²) < 4.78 is 2.03. The van der Waals surface area contributed by atoms with Gasteiger partial charge in [0.2, 0.25) is 0 Å². The van der Waals surface area contributed by atoms with E-state index in [9.17, 15) is 0 Å². The minimum absolute atomic E-state index is 0.0696. The third kappa shape index (κ3) is 5.03. The van der Waals surface area contributed by atoms with Crippen molar-refractivity contribution in [2.24, 2.45) is 0 Å². The van der Waals surface area contributed by atoms with Gasteiger partial charge in [0.15, 0.2) is 0 Å². The zero-order valence-corrected chi connectivity index (χ0v) is 27.1. The van der Waals surface area contributed by atoms with Crippen molar-refractivity contribution in [1.82, 2.24) is 0 Å². The first-order valence-electron chi connectivity index (χ1n) is 14.6. The molecule has 0 aromatic heterocycles. The van der Waals surface area contributed by atoms with Gasteiger partial charge < -0.3 is 0 Å². The summed E-state index contributed by atoms with van der Waals surface area (Å²) in [5.41, 5.74) is 14.9. The second kappa shape index (κ2) is 10.5. The standard InChI is InChI=1S/C26H29.C13H10.Zr/c1-25(2,3)19-11-12-20-18(15-19)16-22-21(20)13-14-23(26(4,5)6)24(22)17-9-7-8-10-17;1-3-7-12(8-4-1)11-13-9-5-2-6-10-13;/h7-9,11-16H,10H2,1-6H3;1-10H;. The van der Waals surface area contributed by atoms with Gasteiger partial charge in [0.05, 0.1) is 0 Å². The number of hydrogen-bond donors (Lipinski definition) is 0. The molecule has 1 atom stereocenters. The second-order valence-corrected chi connectivity index (χ2v) is 16.6. The van der Waals surface area contributed by atoms with E-state index in [2.05, 4.69) is 151 Å². The van der Waals surface area contributed by atoms with Gasteiger partial charge in [-0.3, -0.25) is 0 Å². The van der Waals surface area contributed by atoms with E-state index in [1.807, 2.05) is 0 Å². The monoisotopic (exact) mass is 597 g/mol. The number of benzene rings is 4. The predicted octanol–water partition coefficient (Wildman–Crippen LogP) is 10.0. The van der Waals surface area contributed by atoms with Crippen LogP contribution < -0.4 is 0 Å². The number of rotatable bonds is 4. The van der Waals surface area contributed by atoms with Crippen LogP contribution in [0.5, 0.6) is 0 Å². The van der Waals surface area contributed by atoms with Crippen LogP contribution in [0.3, 0.4) is 0 Å². The molecule has 0 heterocycles. The molecule has 0 fully saturated rings. The van der Waals surface area contributed by atoms with Gasteiger partial charge in [-0.15, -0.1) is 0 Å². The molecule has 2 aliphatic rings. The van der Waals surface area contributed by atoms with Gasteiger partial charge >= 0.3 is 253 Å². The third-order valence-corrected chi connectivity index (χ3v) is 12.7. The first-order chi connectivity index (χ1) is 19.1. The van der Waals surface area contributed by atoms with Gasteiger partial charge in [-0.1, -0.05) is 0 Å². The molecule has 1 heteroatoms. The Hall–Kier alpha value is -2.89. The summed E-state index contributed by atoms with van der Waals surface area (Å²) in [4.78, 5) is 0. The molecular formula is C39H39Zr. The van der Waals surface area contributed by atoms with Crippen LogP contribution in [0, 0.1) is 0 Å². The van der Waals surface area contributed by atoms with Crippen LogP contribution in [0.25, 0.3) is 16.7 Å². The Morgan fingerprint density at radius 3 is 1.88 bits per heavy atom. The average Bonchev–Trinajstić information content (AvgIpc) is 3.58. The van der Waals surface area contributed by atoms with E-state index in [1.165, 1.54) is 44.5 Å². The Bertz CT molecular complexity index is 1610. The van der Waals surface area contributed by atoms with Gasteiger partial charge in [0.25, 0.3) is 0 Å². The number of allylic oxidation sites excluding steroid dienone is 4. The zero-order valence-electron chi connectivity index (χ0n) is 24.7. The van der Waals surface area contributed by atoms with E-state index in [1.54, 1.807) is 14.3 Å². The second-order valence-electron chi connectivity index (χ2n) is 13.3. The summed E-state index contributed by atoms with van der Waals surface area (Å²) in [5, 5.41) is 0.